The number of rotatable bonds is 7. The molecule has 2 heterocycles. The molecule has 0 aliphatic heterocycles. The maximum Gasteiger partial charge on any atom is 0.413 e. The number of carbonyl (C=O) groups is 1. The van der Waals surface area contributed by atoms with Gasteiger partial charge in [0.1, 0.15) is 5.75 Å². The van der Waals surface area contributed by atoms with E-state index >= 15 is 0 Å². The number of aromatic nitrogens is 6. The Balaban J connectivity index is 1.65. The van der Waals surface area contributed by atoms with Crippen LogP contribution in [-0.2, 0) is 6.42 Å². The van der Waals surface area contributed by atoms with Gasteiger partial charge in [0.05, 0.1) is 23.6 Å². The average molecular weight is 458 g/mol. The molecule has 1 N–H and O–H groups in total. The van der Waals surface area contributed by atoms with Crippen LogP contribution in [0.3, 0.4) is 0 Å². The average Bonchev–Trinajstić information content (AvgIpc) is 3.27. The second-order valence-corrected chi connectivity index (χ2v) is 8.57. The quantitative estimate of drug-likeness (QED) is 0.436. The monoisotopic (exact) mass is 457 g/mol. The van der Waals surface area contributed by atoms with E-state index < -0.39 is 6.09 Å². The molecule has 9 nitrogen and oxygen atoms in total. The van der Waals surface area contributed by atoms with Gasteiger partial charge in [-0.15, -0.1) is 5.10 Å². The van der Waals surface area contributed by atoms with Crippen LogP contribution in [0.1, 0.15) is 43.9 Å². The molecule has 2 aromatic heterocycles. The van der Waals surface area contributed by atoms with Gasteiger partial charge in [0.25, 0.3) is 0 Å². The normalized spacial score (nSPS) is 11.9. The van der Waals surface area contributed by atoms with Gasteiger partial charge in [0, 0.05) is 24.9 Å². The highest BCUT2D eigenvalue weighted by atomic mass is 16.6. The Bertz CT molecular complexity index is 1250. The molecule has 4 aromatic rings. The maximum absolute atomic E-state index is 12.7. The lowest BCUT2D eigenvalue weighted by Gasteiger charge is -2.15. The predicted octanol–water partition coefficient (Wildman–Crippen LogP) is 4.48. The number of ether oxygens (including phenoxy) is 1. The first kappa shape index (κ1) is 23.0. The van der Waals surface area contributed by atoms with Gasteiger partial charge < -0.3 is 10.1 Å². The molecule has 0 saturated heterocycles. The fourth-order valence-electron chi connectivity index (χ4n) is 3.50. The lowest BCUT2D eigenvalue weighted by Crippen LogP contribution is -2.30. The fraction of sp³-hybridized carbons (Fsp3) is 0.280. The molecule has 0 saturated carbocycles. The molecule has 0 spiro atoms. The summed E-state index contributed by atoms with van der Waals surface area (Å²) in [6.07, 6.45) is 4.89. The minimum absolute atomic E-state index is 0.363. The van der Waals surface area contributed by atoms with Gasteiger partial charge in [-0.1, -0.05) is 43.7 Å². The molecule has 4 rings (SSSR count). The first-order chi connectivity index (χ1) is 16.4. The summed E-state index contributed by atoms with van der Waals surface area (Å²) >= 11 is 0. The highest BCUT2D eigenvalue weighted by Crippen LogP contribution is 2.29. The van der Waals surface area contributed by atoms with Crippen LogP contribution in [0, 0.1) is 12.8 Å². The summed E-state index contributed by atoms with van der Waals surface area (Å²) in [6, 6.07) is 13.3. The highest BCUT2D eigenvalue weighted by molar-refractivity contribution is 5.74. The molecule has 0 bridgehead atoms. The smallest absolute Gasteiger partial charge is 0.410 e. The second kappa shape index (κ2) is 10.2. The molecule has 0 fully saturated rings. The minimum Gasteiger partial charge on any atom is -0.410 e. The van der Waals surface area contributed by atoms with Crippen LogP contribution in [0.25, 0.3) is 16.8 Å². The zero-order chi connectivity index (χ0) is 24.1. The van der Waals surface area contributed by atoms with Crippen LogP contribution in [0.4, 0.5) is 4.79 Å². The van der Waals surface area contributed by atoms with E-state index in [9.17, 15) is 4.79 Å². The largest absolute Gasteiger partial charge is 0.413 e. The standard InChI is InChI=1S/C25H27N7O2/c1-16(2)11-24-29-30-31-32(24)21-12-20(19-7-5-17(3)6-8-19)13-22(14-21)34-25(33)28-18(4)23-15-26-9-10-27-23/h5-10,12-16,18H,11H2,1-4H3,(H,28,33). The van der Waals surface area contributed by atoms with Gasteiger partial charge >= 0.3 is 6.09 Å². The van der Waals surface area contributed by atoms with E-state index in [1.54, 1.807) is 29.3 Å². The molecule has 1 atom stereocenters. The molecule has 9 heteroatoms. The predicted molar refractivity (Wildman–Crippen MR) is 127 cm³/mol. The molecule has 1 amide bonds. The van der Waals surface area contributed by atoms with Crippen molar-refractivity contribution < 1.29 is 9.53 Å². The Labute approximate surface area is 198 Å². The Morgan fingerprint density at radius 3 is 2.56 bits per heavy atom. The summed E-state index contributed by atoms with van der Waals surface area (Å²) in [5, 5.41) is 15.0. The fourth-order valence-corrected chi connectivity index (χ4v) is 3.50. The van der Waals surface area contributed by atoms with Crippen LogP contribution < -0.4 is 10.1 Å². The molecular formula is C25H27N7O2. The third-order valence-electron chi connectivity index (χ3n) is 5.22. The van der Waals surface area contributed by atoms with Crippen molar-refractivity contribution in [2.45, 2.75) is 40.2 Å². The summed E-state index contributed by atoms with van der Waals surface area (Å²) in [7, 11) is 0. The van der Waals surface area contributed by atoms with Gasteiger partial charge in [0.15, 0.2) is 5.82 Å². The van der Waals surface area contributed by atoms with Gasteiger partial charge in [-0.3, -0.25) is 9.97 Å². The Morgan fingerprint density at radius 1 is 1.06 bits per heavy atom. The van der Waals surface area contributed by atoms with E-state index in [1.165, 1.54) is 0 Å². The van der Waals surface area contributed by atoms with Crippen molar-refractivity contribution in [3.05, 3.63) is 78.1 Å². The molecule has 1 unspecified atom stereocenters. The summed E-state index contributed by atoms with van der Waals surface area (Å²) in [4.78, 5) is 20.9. The van der Waals surface area contributed by atoms with Crippen LogP contribution in [-0.4, -0.2) is 36.3 Å². The van der Waals surface area contributed by atoms with Gasteiger partial charge in [-0.25, -0.2) is 4.79 Å². The van der Waals surface area contributed by atoms with Crippen molar-refractivity contribution in [1.82, 2.24) is 35.5 Å². The van der Waals surface area contributed by atoms with Gasteiger partial charge in [0.2, 0.25) is 0 Å². The Morgan fingerprint density at radius 2 is 1.85 bits per heavy atom. The number of benzene rings is 2. The summed E-state index contributed by atoms with van der Waals surface area (Å²) in [5.41, 5.74) is 4.38. The molecule has 0 aliphatic rings. The minimum atomic E-state index is -0.593. The van der Waals surface area contributed by atoms with E-state index in [1.807, 2.05) is 50.2 Å². The molecular weight excluding hydrogens is 430 g/mol. The van der Waals surface area contributed by atoms with Crippen molar-refractivity contribution in [3.8, 4) is 22.6 Å². The van der Waals surface area contributed by atoms with Crippen molar-refractivity contribution in [2.75, 3.05) is 0 Å². The Hall–Kier alpha value is -4.14. The first-order valence-corrected chi connectivity index (χ1v) is 11.1. The van der Waals surface area contributed by atoms with E-state index in [0.29, 0.717) is 29.5 Å². The number of amides is 1. The Kier molecular flexibility index (Phi) is 6.91. The van der Waals surface area contributed by atoms with Crippen LogP contribution in [0.5, 0.6) is 5.75 Å². The maximum atomic E-state index is 12.7. The molecule has 0 radical (unpaired) electrons. The number of tetrazole rings is 1. The molecule has 2 aromatic carbocycles. The van der Waals surface area contributed by atoms with E-state index in [-0.39, 0.29) is 6.04 Å². The summed E-state index contributed by atoms with van der Waals surface area (Å²) in [5.74, 6) is 1.50. The van der Waals surface area contributed by atoms with E-state index in [0.717, 1.165) is 22.5 Å². The van der Waals surface area contributed by atoms with Crippen LogP contribution in [0.15, 0.2) is 61.1 Å². The zero-order valence-electron chi connectivity index (χ0n) is 19.6. The number of nitrogens with zero attached hydrogens (tertiary/aromatic N) is 6. The van der Waals surface area contributed by atoms with Crippen LogP contribution in [0.2, 0.25) is 0 Å². The van der Waals surface area contributed by atoms with Crippen molar-refractivity contribution in [1.29, 1.82) is 0 Å². The van der Waals surface area contributed by atoms with E-state index in [4.69, 9.17) is 4.74 Å². The SMILES string of the molecule is Cc1ccc(-c2cc(OC(=O)NC(C)c3cnccn3)cc(-n3nnnc3CC(C)C)c2)cc1. The lowest BCUT2D eigenvalue weighted by molar-refractivity contribution is 0.196. The highest BCUT2D eigenvalue weighted by Gasteiger charge is 2.16. The topological polar surface area (TPSA) is 108 Å². The third kappa shape index (κ3) is 5.61. The molecule has 34 heavy (non-hydrogen) atoms. The number of hydrogen-bond acceptors (Lipinski definition) is 7. The van der Waals surface area contributed by atoms with Crippen molar-refractivity contribution in [2.24, 2.45) is 5.92 Å². The number of nitrogens with one attached hydrogen (secondary N) is 1. The number of aryl methyl sites for hydroxylation is 1. The summed E-state index contributed by atoms with van der Waals surface area (Å²) < 4.78 is 7.36. The summed E-state index contributed by atoms with van der Waals surface area (Å²) in [6.45, 7) is 8.08. The van der Waals surface area contributed by atoms with Crippen molar-refractivity contribution >= 4 is 6.09 Å². The third-order valence-corrected chi connectivity index (χ3v) is 5.22. The van der Waals surface area contributed by atoms with Gasteiger partial charge in [-0.05, 0) is 53.5 Å². The second-order valence-electron chi connectivity index (χ2n) is 8.57. The number of carbonyl (C=O) groups excluding carboxylic acids is 1. The molecule has 174 valence electrons. The molecule has 0 aliphatic carbocycles. The lowest BCUT2D eigenvalue weighted by atomic mass is 10.0. The van der Waals surface area contributed by atoms with Crippen LogP contribution >= 0.6 is 0 Å². The first-order valence-electron chi connectivity index (χ1n) is 11.1. The number of hydrogen-bond donors (Lipinski definition) is 1. The van der Waals surface area contributed by atoms with E-state index in [2.05, 4.69) is 44.7 Å². The van der Waals surface area contributed by atoms with Crippen molar-refractivity contribution in [3.63, 3.8) is 0 Å². The zero-order valence-corrected chi connectivity index (χ0v) is 19.6. The van der Waals surface area contributed by atoms with Gasteiger partial charge in [-0.2, -0.15) is 4.68 Å².